The first kappa shape index (κ1) is 15.0. The number of carbonyl (C=O) groups excluding carboxylic acids is 1. The zero-order valence-corrected chi connectivity index (χ0v) is 12.2. The molecule has 0 aromatic heterocycles. The third-order valence-corrected chi connectivity index (χ3v) is 3.95. The first-order chi connectivity index (χ1) is 9.47. The molecule has 2 unspecified atom stereocenters. The SMILES string of the molecule is CC(N)C(C)C(=O)N(Cc1ccc(F)cc1)CC1CC1. The van der Waals surface area contributed by atoms with Crippen molar-refractivity contribution in [1.29, 1.82) is 0 Å². The third-order valence-electron chi connectivity index (χ3n) is 3.95. The van der Waals surface area contributed by atoms with E-state index >= 15 is 0 Å². The molecular weight excluding hydrogens is 255 g/mol. The van der Waals surface area contributed by atoms with Crippen molar-refractivity contribution in [2.45, 2.75) is 39.3 Å². The van der Waals surface area contributed by atoms with E-state index in [0.717, 1.165) is 12.1 Å². The Hall–Kier alpha value is -1.42. The number of rotatable bonds is 6. The maximum Gasteiger partial charge on any atom is 0.227 e. The molecule has 110 valence electrons. The number of hydrogen-bond donors (Lipinski definition) is 1. The Morgan fingerprint density at radius 3 is 2.45 bits per heavy atom. The fraction of sp³-hybridized carbons (Fsp3) is 0.562. The lowest BCUT2D eigenvalue weighted by Crippen LogP contribution is -2.42. The van der Waals surface area contributed by atoms with Gasteiger partial charge in [0.25, 0.3) is 0 Å². The van der Waals surface area contributed by atoms with Gasteiger partial charge < -0.3 is 10.6 Å². The molecule has 0 saturated heterocycles. The van der Waals surface area contributed by atoms with Crippen LogP contribution in [0.2, 0.25) is 0 Å². The molecule has 1 saturated carbocycles. The predicted octanol–water partition coefficient (Wildman–Crippen LogP) is 2.55. The molecular formula is C16H23FN2O. The molecule has 20 heavy (non-hydrogen) atoms. The van der Waals surface area contributed by atoms with Gasteiger partial charge in [0.2, 0.25) is 5.91 Å². The van der Waals surface area contributed by atoms with Crippen molar-refractivity contribution >= 4 is 5.91 Å². The van der Waals surface area contributed by atoms with Gasteiger partial charge in [-0.05, 0) is 43.4 Å². The van der Waals surface area contributed by atoms with Crippen LogP contribution in [-0.4, -0.2) is 23.4 Å². The molecule has 1 fully saturated rings. The number of amides is 1. The second-order valence-electron chi connectivity index (χ2n) is 5.94. The van der Waals surface area contributed by atoms with E-state index in [4.69, 9.17) is 5.73 Å². The highest BCUT2D eigenvalue weighted by Crippen LogP contribution is 2.30. The predicted molar refractivity (Wildman–Crippen MR) is 77.4 cm³/mol. The molecule has 2 N–H and O–H groups in total. The van der Waals surface area contributed by atoms with Crippen molar-refractivity contribution < 1.29 is 9.18 Å². The van der Waals surface area contributed by atoms with Gasteiger partial charge in [0.05, 0.1) is 5.92 Å². The van der Waals surface area contributed by atoms with Crippen molar-refractivity contribution in [1.82, 2.24) is 4.90 Å². The van der Waals surface area contributed by atoms with Crippen LogP contribution in [0.3, 0.4) is 0 Å². The molecule has 2 atom stereocenters. The zero-order chi connectivity index (χ0) is 14.7. The summed E-state index contributed by atoms with van der Waals surface area (Å²) in [5.74, 6) is 0.280. The average Bonchev–Trinajstić information content (AvgIpc) is 3.22. The first-order valence-electron chi connectivity index (χ1n) is 7.26. The summed E-state index contributed by atoms with van der Waals surface area (Å²) < 4.78 is 12.9. The van der Waals surface area contributed by atoms with Gasteiger partial charge in [-0.15, -0.1) is 0 Å². The molecule has 0 aliphatic heterocycles. The van der Waals surface area contributed by atoms with Gasteiger partial charge in [0, 0.05) is 19.1 Å². The number of nitrogens with two attached hydrogens (primary N) is 1. The highest BCUT2D eigenvalue weighted by Gasteiger charge is 2.29. The van der Waals surface area contributed by atoms with Gasteiger partial charge in [-0.3, -0.25) is 4.79 Å². The van der Waals surface area contributed by atoms with Gasteiger partial charge in [-0.2, -0.15) is 0 Å². The van der Waals surface area contributed by atoms with E-state index in [1.54, 1.807) is 12.1 Å². The van der Waals surface area contributed by atoms with Crippen LogP contribution >= 0.6 is 0 Å². The molecule has 2 rings (SSSR count). The van der Waals surface area contributed by atoms with Crippen LogP contribution in [0.25, 0.3) is 0 Å². The topological polar surface area (TPSA) is 46.3 Å². The van der Waals surface area contributed by atoms with E-state index in [-0.39, 0.29) is 23.7 Å². The van der Waals surface area contributed by atoms with Crippen molar-refractivity contribution in [2.24, 2.45) is 17.6 Å². The van der Waals surface area contributed by atoms with Gasteiger partial charge in [-0.1, -0.05) is 19.1 Å². The number of hydrogen-bond acceptors (Lipinski definition) is 2. The van der Waals surface area contributed by atoms with Crippen molar-refractivity contribution in [2.75, 3.05) is 6.54 Å². The number of halogens is 1. The first-order valence-corrected chi connectivity index (χ1v) is 7.26. The Morgan fingerprint density at radius 2 is 1.95 bits per heavy atom. The second-order valence-corrected chi connectivity index (χ2v) is 5.94. The molecule has 0 radical (unpaired) electrons. The van der Waals surface area contributed by atoms with E-state index in [1.807, 2.05) is 18.7 Å². The molecule has 0 heterocycles. The lowest BCUT2D eigenvalue weighted by molar-refractivity contribution is -0.136. The number of carbonyl (C=O) groups is 1. The molecule has 4 heteroatoms. The fourth-order valence-corrected chi connectivity index (χ4v) is 2.17. The zero-order valence-electron chi connectivity index (χ0n) is 12.2. The van der Waals surface area contributed by atoms with Crippen LogP contribution < -0.4 is 5.73 Å². The summed E-state index contributed by atoms with van der Waals surface area (Å²) in [6, 6.07) is 6.18. The minimum Gasteiger partial charge on any atom is -0.338 e. The largest absolute Gasteiger partial charge is 0.338 e. The summed E-state index contributed by atoms with van der Waals surface area (Å²) in [7, 11) is 0. The maximum absolute atomic E-state index is 12.9. The molecule has 0 bridgehead atoms. The quantitative estimate of drug-likeness (QED) is 0.869. The Labute approximate surface area is 120 Å². The Morgan fingerprint density at radius 1 is 1.35 bits per heavy atom. The van der Waals surface area contributed by atoms with Crippen LogP contribution in [0.1, 0.15) is 32.3 Å². The molecule has 1 aliphatic carbocycles. The van der Waals surface area contributed by atoms with E-state index in [1.165, 1.54) is 25.0 Å². The Bertz CT molecular complexity index is 454. The molecule has 1 aromatic rings. The minimum absolute atomic E-state index is 0.0937. The van der Waals surface area contributed by atoms with Crippen molar-refractivity contribution in [3.05, 3.63) is 35.6 Å². The summed E-state index contributed by atoms with van der Waals surface area (Å²) in [4.78, 5) is 14.4. The van der Waals surface area contributed by atoms with Gasteiger partial charge >= 0.3 is 0 Å². The van der Waals surface area contributed by atoms with Crippen molar-refractivity contribution in [3.63, 3.8) is 0 Å². The summed E-state index contributed by atoms with van der Waals surface area (Å²) in [6.45, 7) is 5.05. The highest BCUT2D eigenvalue weighted by atomic mass is 19.1. The molecule has 0 spiro atoms. The third kappa shape index (κ3) is 4.04. The van der Waals surface area contributed by atoms with Gasteiger partial charge in [-0.25, -0.2) is 4.39 Å². The second kappa shape index (κ2) is 6.35. The Kier molecular flexibility index (Phi) is 4.76. The molecule has 3 nitrogen and oxygen atoms in total. The van der Waals surface area contributed by atoms with E-state index in [2.05, 4.69) is 0 Å². The van der Waals surface area contributed by atoms with Gasteiger partial charge in [0.15, 0.2) is 0 Å². The standard InChI is InChI=1S/C16H23FN2O/c1-11(12(2)18)16(20)19(9-13-3-4-13)10-14-5-7-15(17)8-6-14/h5-8,11-13H,3-4,9-10,18H2,1-2H3. The smallest absolute Gasteiger partial charge is 0.227 e. The van der Waals surface area contributed by atoms with Crippen molar-refractivity contribution in [3.8, 4) is 0 Å². The number of benzene rings is 1. The monoisotopic (exact) mass is 278 g/mol. The fourth-order valence-electron chi connectivity index (χ4n) is 2.17. The normalized spacial score (nSPS) is 17.6. The number of nitrogens with zero attached hydrogens (tertiary/aromatic N) is 1. The van der Waals surface area contributed by atoms with Crippen LogP contribution in [0.5, 0.6) is 0 Å². The van der Waals surface area contributed by atoms with Crippen LogP contribution in [-0.2, 0) is 11.3 Å². The van der Waals surface area contributed by atoms with Crippen LogP contribution in [0.4, 0.5) is 4.39 Å². The highest BCUT2D eigenvalue weighted by molar-refractivity contribution is 5.79. The lowest BCUT2D eigenvalue weighted by atomic mass is 10.0. The molecule has 1 amide bonds. The lowest BCUT2D eigenvalue weighted by Gasteiger charge is -2.27. The van der Waals surface area contributed by atoms with E-state index < -0.39 is 0 Å². The van der Waals surface area contributed by atoms with E-state index in [0.29, 0.717) is 12.5 Å². The summed E-state index contributed by atoms with van der Waals surface area (Å²) in [5, 5.41) is 0. The summed E-state index contributed by atoms with van der Waals surface area (Å²) in [5.41, 5.74) is 6.79. The van der Waals surface area contributed by atoms with Crippen LogP contribution in [0, 0.1) is 17.7 Å². The Balaban J connectivity index is 2.06. The average molecular weight is 278 g/mol. The minimum atomic E-state index is -0.252. The maximum atomic E-state index is 12.9. The summed E-state index contributed by atoms with van der Waals surface area (Å²) >= 11 is 0. The summed E-state index contributed by atoms with van der Waals surface area (Å²) in [6.07, 6.45) is 2.39. The van der Waals surface area contributed by atoms with Crippen LogP contribution in [0.15, 0.2) is 24.3 Å². The van der Waals surface area contributed by atoms with Gasteiger partial charge in [0.1, 0.15) is 5.82 Å². The molecule has 1 aliphatic rings. The van der Waals surface area contributed by atoms with E-state index in [9.17, 15) is 9.18 Å². The molecule has 1 aromatic carbocycles.